The molecule has 8 heteroatoms. The first-order chi connectivity index (χ1) is 14.7. The molecule has 0 amide bonds. The number of aromatic nitrogens is 1. The Morgan fingerprint density at radius 2 is 1.77 bits per heavy atom. The third kappa shape index (κ3) is 3.52. The standard InChI is InChI=1S/C22H19NO7/c1-13-21(29-18-5-3-2-4-17(18)28-13)22(24)27-12-15-11-19(30-23-15)14-6-7-16-20(10-14)26-9-8-25-16/h2-7,10-11,13,21H,8-9,12H2,1H3. The molecule has 154 valence electrons. The summed E-state index contributed by atoms with van der Waals surface area (Å²) in [5.41, 5.74) is 1.27. The van der Waals surface area contributed by atoms with Gasteiger partial charge in [0.05, 0.1) is 0 Å². The number of rotatable bonds is 4. The van der Waals surface area contributed by atoms with Crippen molar-refractivity contribution in [1.29, 1.82) is 0 Å². The quantitative estimate of drug-likeness (QED) is 0.606. The van der Waals surface area contributed by atoms with E-state index in [0.717, 1.165) is 5.56 Å². The maximum Gasteiger partial charge on any atom is 0.351 e. The SMILES string of the molecule is CC1Oc2ccccc2OC1C(=O)OCc1cc(-c2ccc3c(c2)OCCO3)on1. The minimum Gasteiger partial charge on any atom is -0.486 e. The topological polar surface area (TPSA) is 89.3 Å². The summed E-state index contributed by atoms with van der Waals surface area (Å²) < 4.78 is 33.4. The minimum absolute atomic E-state index is 0.0406. The van der Waals surface area contributed by atoms with Gasteiger partial charge < -0.3 is 28.2 Å². The number of hydrogen-bond acceptors (Lipinski definition) is 8. The molecule has 8 nitrogen and oxygen atoms in total. The van der Waals surface area contributed by atoms with Crippen LogP contribution in [0.5, 0.6) is 23.0 Å². The zero-order valence-corrected chi connectivity index (χ0v) is 16.2. The zero-order valence-electron chi connectivity index (χ0n) is 16.2. The van der Waals surface area contributed by atoms with E-state index >= 15 is 0 Å². The highest BCUT2D eigenvalue weighted by Gasteiger charge is 2.35. The van der Waals surface area contributed by atoms with Crippen molar-refractivity contribution in [3.8, 4) is 34.3 Å². The van der Waals surface area contributed by atoms with Crippen molar-refractivity contribution >= 4 is 5.97 Å². The highest BCUT2D eigenvalue weighted by atomic mass is 16.6. The third-order valence-electron chi connectivity index (χ3n) is 4.82. The molecule has 3 heterocycles. The molecule has 2 unspecified atom stereocenters. The van der Waals surface area contributed by atoms with Crippen molar-refractivity contribution in [3.05, 3.63) is 54.2 Å². The Morgan fingerprint density at radius 3 is 2.60 bits per heavy atom. The van der Waals surface area contributed by atoms with Crippen molar-refractivity contribution in [2.24, 2.45) is 0 Å². The van der Waals surface area contributed by atoms with E-state index in [1.807, 2.05) is 30.3 Å². The van der Waals surface area contributed by atoms with Gasteiger partial charge in [-0.3, -0.25) is 0 Å². The lowest BCUT2D eigenvalue weighted by Gasteiger charge is -2.30. The third-order valence-corrected chi connectivity index (χ3v) is 4.82. The molecule has 30 heavy (non-hydrogen) atoms. The molecular weight excluding hydrogens is 390 g/mol. The van der Waals surface area contributed by atoms with E-state index in [2.05, 4.69) is 5.16 Å². The fourth-order valence-corrected chi connectivity index (χ4v) is 3.32. The molecule has 2 aliphatic heterocycles. The first-order valence-corrected chi connectivity index (χ1v) is 9.62. The van der Waals surface area contributed by atoms with E-state index in [1.165, 1.54) is 0 Å². The number of benzene rings is 2. The van der Waals surface area contributed by atoms with Crippen LogP contribution in [0.25, 0.3) is 11.3 Å². The van der Waals surface area contributed by atoms with Gasteiger partial charge in [0.1, 0.15) is 31.6 Å². The smallest absolute Gasteiger partial charge is 0.351 e. The monoisotopic (exact) mass is 409 g/mol. The summed E-state index contributed by atoms with van der Waals surface area (Å²) in [6.45, 7) is 2.76. The number of para-hydroxylation sites is 2. The van der Waals surface area contributed by atoms with Crippen molar-refractivity contribution < 1.29 is 33.0 Å². The Morgan fingerprint density at radius 1 is 1.00 bits per heavy atom. The summed E-state index contributed by atoms with van der Waals surface area (Å²) in [6.07, 6.45) is -1.33. The van der Waals surface area contributed by atoms with Crippen LogP contribution in [0, 0.1) is 0 Å². The lowest BCUT2D eigenvalue weighted by molar-refractivity contribution is -0.159. The first kappa shape index (κ1) is 18.4. The Labute approximate surface area is 172 Å². The molecule has 2 atom stereocenters. The summed E-state index contributed by atoms with van der Waals surface area (Å²) in [4.78, 5) is 12.5. The van der Waals surface area contributed by atoms with Crippen molar-refractivity contribution in [3.63, 3.8) is 0 Å². The van der Waals surface area contributed by atoms with Crippen LogP contribution in [0.4, 0.5) is 0 Å². The average molecular weight is 409 g/mol. The van der Waals surface area contributed by atoms with Gasteiger partial charge >= 0.3 is 5.97 Å². The molecule has 0 saturated heterocycles. The molecule has 3 aromatic rings. The van der Waals surface area contributed by atoms with E-state index in [0.29, 0.717) is 47.7 Å². The number of hydrogen-bond donors (Lipinski definition) is 0. The molecule has 2 aliphatic rings. The predicted octanol–water partition coefficient (Wildman–Crippen LogP) is 3.38. The van der Waals surface area contributed by atoms with Gasteiger partial charge in [-0.25, -0.2) is 4.79 Å². The number of esters is 1. The maximum atomic E-state index is 12.5. The molecule has 2 aromatic carbocycles. The van der Waals surface area contributed by atoms with Gasteiger partial charge in [0, 0.05) is 11.6 Å². The summed E-state index contributed by atoms with van der Waals surface area (Å²) >= 11 is 0. The minimum atomic E-state index is -0.857. The Bertz CT molecular complexity index is 1080. The molecule has 5 rings (SSSR count). The number of fused-ring (bicyclic) bond motifs is 2. The average Bonchev–Trinajstić information content (AvgIpc) is 3.26. The molecular formula is C22H19NO7. The largest absolute Gasteiger partial charge is 0.486 e. The lowest BCUT2D eigenvalue weighted by Crippen LogP contribution is -2.44. The van der Waals surface area contributed by atoms with Gasteiger partial charge in [-0.2, -0.15) is 0 Å². The highest BCUT2D eigenvalue weighted by molar-refractivity contribution is 5.76. The normalized spacial score (nSPS) is 19.2. The van der Waals surface area contributed by atoms with Crippen LogP contribution in [0.1, 0.15) is 12.6 Å². The molecule has 0 aliphatic carbocycles. The molecule has 1 aromatic heterocycles. The summed E-state index contributed by atoms with van der Waals surface area (Å²) in [7, 11) is 0. The molecule has 0 saturated carbocycles. The molecule has 0 N–H and O–H groups in total. The second kappa shape index (κ2) is 7.62. The first-order valence-electron chi connectivity index (χ1n) is 9.62. The van der Waals surface area contributed by atoms with Gasteiger partial charge in [-0.05, 0) is 37.3 Å². The number of nitrogens with zero attached hydrogens (tertiary/aromatic N) is 1. The van der Waals surface area contributed by atoms with Crippen molar-refractivity contribution in [1.82, 2.24) is 5.16 Å². The molecule has 0 fully saturated rings. The van der Waals surface area contributed by atoms with E-state index in [-0.39, 0.29) is 6.61 Å². The second-order valence-electron chi connectivity index (χ2n) is 6.96. The van der Waals surface area contributed by atoms with Crippen LogP contribution in [-0.4, -0.2) is 36.5 Å². The van der Waals surface area contributed by atoms with E-state index in [9.17, 15) is 4.79 Å². The summed E-state index contributed by atoms with van der Waals surface area (Å²) in [5, 5.41) is 3.98. The summed E-state index contributed by atoms with van der Waals surface area (Å²) in [5.74, 6) is 2.49. The van der Waals surface area contributed by atoms with E-state index in [4.69, 9.17) is 28.2 Å². The number of ether oxygens (including phenoxy) is 5. The van der Waals surface area contributed by atoms with Gasteiger partial charge in [0.15, 0.2) is 28.8 Å². The highest BCUT2D eigenvalue weighted by Crippen LogP contribution is 2.35. The Hall–Kier alpha value is -3.68. The van der Waals surface area contributed by atoms with Gasteiger partial charge in [0.2, 0.25) is 6.10 Å². The van der Waals surface area contributed by atoms with Crippen LogP contribution in [-0.2, 0) is 16.1 Å². The van der Waals surface area contributed by atoms with Crippen molar-refractivity contribution in [2.75, 3.05) is 13.2 Å². The molecule has 0 spiro atoms. The van der Waals surface area contributed by atoms with Crippen molar-refractivity contribution in [2.45, 2.75) is 25.7 Å². The predicted molar refractivity (Wildman–Crippen MR) is 104 cm³/mol. The zero-order chi connectivity index (χ0) is 20.5. The van der Waals surface area contributed by atoms with Gasteiger partial charge in [0.25, 0.3) is 0 Å². The van der Waals surface area contributed by atoms with Crippen LogP contribution in [0.2, 0.25) is 0 Å². The molecule has 0 radical (unpaired) electrons. The summed E-state index contributed by atoms with van der Waals surface area (Å²) in [6, 6.07) is 14.4. The van der Waals surface area contributed by atoms with Gasteiger partial charge in [-0.1, -0.05) is 17.3 Å². The number of carbonyl (C=O) groups is 1. The molecule has 0 bridgehead atoms. The van der Waals surface area contributed by atoms with E-state index in [1.54, 1.807) is 25.1 Å². The second-order valence-corrected chi connectivity index (χ2v) is 6.96. The fourth-order valence-electron chi connectivity index (χ4n) is 3.32. The van der Waals surface area contributed by atoms with Crippen LogP contribution in [0.15, 0.2) is 53.1 Å². The number of carbonyl (C=O) groups excluding carboxylic acids is 1. The van der Waals surface area contributed by atoms with Crippen LogP contribution >= 0.6 is 0 Å². The fraction of sp³-hybridized carbons (Fsp3) is 0.273. The Balaban J connectivity index is 1.23. The van der Waals surface area contributed by atoms with Crippen LogP contribution < -0.4 is 18.9 Å². The van der Waals surface area contributed by atoms with Gasteiger partial charge in [-0.15, -0.1) is 0 Å². The maximum absolute atomic E-state index is 12.5. The lowest BCUT2D eigenvalue weighted by atomic mass is 10.1. The van der Waals surface area contributed by atoms with E-state index < -0.39 is 18.2 Å². The Kier molecular flexibility index (Phi) is 4.66. The van der Waals surface area contributed by atoms with Crippen LogP contribution in [0.3, 0.4) is 0 Å².